The van der Waals surface area contributed by atoms with Crippen molar-refractivity contribution in [2.75, 3.05) is 0 Å². The Morgan fingerprint density at radius 3 is 2.00 bits per heavy atom. The molecule has 100 valence electrons. The first-order valence-corrected chi connectivity index (χ1v) is 6.29. The minimum atomic E-state index is -0.577. The SMILES string of the molecule is CCC(C)Oc1ccc(OC(CC)C(N)=O)cc1. The van der Waals surface area contributed by atoms with Gasteiger partial charge in [0.25, 0.3) is 5.91 Å². The van der Waals surface area contributed by atoms with E-state index < -0.39 is 12.0 Å². The summed E-state index contributed by atoms with van der Waals surface area (Å²) < 4.78 is 11.1. The molecule has 1 amide bonds. The lowest BCUT2D eigenvalue weighted by atomic mass is 10.2. The monoisotopic (exact) mass is 251 g/mol. The number of hydrogen-bond donors (Lipinski definition) is 1. The van der Waals surface area contributed by atoms with Crippen molar-refractivity contribution in [2.24, 2.45) is 5.73 Å². The van der Waals surface area contributed by atoms with Crippen molar-refractivity contribution < 1.29 is 14.3 Å². The van der Waals surface area contributed by atoms with E-state index >= 15 is 0 Å². The average molecular weight is 251 g/mol. The molecule has 0 fully saturated rings. The van der Waals surface area contributed by atoms with Crippen molar-refractivity contribution in [1.82, 2.24) is 0 Å². The van der Waals surface area contributed by atoms with Gasteiger partial charge in [-0.1, -0.05) is 13.8 Å². The van der Waals surface area contributed by atoms with Crippen LogP contribution in [0.15, 0.2) is 24.3 Å². The van der Waals surface area contributed by atoms with Crippen LogP contribution in [0, 0.1) is 0 Å². The molecule has 2 unspecified atom stereocenters. The van der Waals surface area contributed by atoms with E-state index in [9.17, 15) is 4.79 Å². The standard InChI is InChI=1S/C14H21NO3/c1-4-10(3)17-11-6-8-12(9-7-11)18-13(5-2)14(15)16/h6-10,13H,4-5H2,1-3H3,(H2,15,16). The molecule has 0 bridgehead atoms. The van der Waals surface area contributed by atoms with Gasteiger partial charge in [0.15, 0.2) is 6.10 Å². The largest absolute Gasteiger partial charge is 0.491 e. The van der Waals surface area contributed by atoms with E-state index in [1.807, 2.05) is 26.0 Å². The van der Waals surface area contributed by atoms with Gasteiger partial charge in [-0.15, -0.1) is 0 Å². The molecule has 4 heteroatoms. The lowest BCUT2D eigenvalue weighted by Crippen LogP contribution is -2.32. The van der Waals surface area contributed by atoms with Gasteiger partial charge >= 0.3 is 0 Å². The minimum absolute atomic E-state index is 0.186. The third-order valence-corrected chi connectivity index (χ3v) is 2.70. The highest BCUT2D eigenvalue weighted by Gasteiger charge is 2.14. The zero-order chi connectivity index (χ0) is 13.5. The molecule has 0 spiro atoms. The second-order valence-electron chi connectivity index (χ2n) is 4.23. The maximum atomic E-state index is 11.1. The molecule has 2 atom stereocenters. The van der Waals surface area contributed by atoms with Gasteiger partial charge in [0, 0.05) is 0 Å². The van der Waals surface area contributed by atoms with E-state index in [2.05, 4.69) is 6.92 Å². The van der Waals surface area contributed by atoms with E-state index in [1.54, 1.807) is 12.1 Å². The third kappa shape index (κ3) is 4.28. The van der Waals surface area contributed by atoms with Crippen LogP contribution in [0.1, 0.15) is 33.6 Å². The number of benzene rings is 1. The molecule has 18 heavy (non-hydrogen) atoms. The quantitative estimate of drug-likeness (QED) is 0.810. The highest BCUT2D eigenvalue weighted by atomic mass is 16.5. The maximum absolute atomic E-state index is 11.1. The fourth-order valence-electron chi connectivity index (χ4n) is 1.42. The summed E-state index contributed by atoms with van der Waals surface area (Å²) in [6.45, 7) is 5.95. The van der Waals surface area contributed by atoms with Gasteiger partial charge in [0.2, 0.25) is 0 Å². The van der Waals surface area contributed by atoms with Crippen molar-refractivity contribution in [3.63, 3.8) is 0 Å². The fourth-order valence-corrected chi connectivity index (χ4v) is 1.42. The zero-order valence-electron chi connectivity index (χ0n) is 11.2. The molecule has 0 aromatic heterocycles. The number of hydrogen-bond acceptors (Lipinski definition) is 3. The van der Waals surface area contributed by atoms with Gasteiger partial charge < -0.3 is 15.2 Å². The first kappa shape index (κ1) is 14.4. The summed E-state index contributed by atoms with van der Waals surface area (Å²) >= 11 is 0. The lowest BCUT2D eigenvalue weighted by Gasteiger charge is -2.15. The fraction of sp³-hybridized carbons (Fsp3) is 0.500. The molecule has 0 aliphatic heterocycles. The van der Waals surface area contributed by atoms with Crippen LogP contribution >= 0.6 is 0 Å². The number of primary amides is 1. The Kier molecular flexibility index (Phi) is 5.49. The molecule has 0 radical (unpaired) electrons. The summed E-state index contributed by atoms with van der Waals surface area (Å²) in [7, 11) is 0. The summed E-state index contributed by atoms with van der Waals surface area (Å²) in [6, 6.07) is 7.22. The molecule has 0 aliphatic rings. The lowest BCUT2D eigenvalue weighted by molar-refractivity contribution is -0.124. The van der Waals surface area contributed by atoms with Gasteiger partial charge in [-0.05, 0) is 44.0 Å². The molecule has 0 heterocycles. The predicted molar refractivity (Wildman–Crippen MR) is 70.7 cm³/mol. The molecule has 1 rings (SSSR count). The number of carbonyl (C=O) groups is 1. The third-order valence-electron chi connectivity index (χ3n) is 2.70. The summed E-state index contributed by atoms with van der Waals surface area (Å²) in [5, 5.41) is 0. The molecule has 1 aromatic rings. The number of carbonyl (C=O) groups excluding carboxylic acids is 1. The number of nitrogens with two attached hydrogens (primary N) is 1. The van der Waals surface area contributed by atoms with Crippen LogP contribution in [0.25, 0.3) is 0 Å². The van der Waals surface area contributed by atoms with Crippen LogP contribution in [0.2, 0.25) is 0 Å². The normalized spacial score (nSPS) is 13.7. The molecule has 2 N–H and O–H groups in total. The van der Waals surface area contributed by atoms with Crippen LogP contribution < -0.4 is 15.2 Å². The van der Waals surface area contributed by atoms with Gasteiger partial charge in [-0.2, -0.15) is 0 Å². The molecular formula is C14H21NO3. The highest BCUT2D eigenvalue weighted by Crippen LogP contribution is 2.20. The Morgan fingerprint density at radius 2 is 1.61 bits per heavy atom. The highest BCUT2D eigenvalue weighted by molar-refractivity contribution is 5.79. The van der Waals surface area contributed by atoms with Crippen molar-refractivity contribution in [1.29, 1.82) is 0 Å². The van der Waals surface area contributed by atoms with Crippen LogP contribution in [0.4, 0.5) is 0 Å². The van der Waals surface area contributed by atoms with Crippen molar-refractivity contribution in [3.05, 3.63) is 24.3 Å². The zero-order valence-corrected chi connectivity index (χ0v) is 11.2. The van der Waals surface area contributed by atoms with E-state index in [-0.39, 0.29) is 6.10 Å². The van der Waals surface area contributed by atoms with Crippen molar-refractivity contribution >= 4 is 5.91 Å². The Labute approximate surface area is 108 Å². The molecule has 1 aromatic carbocycles. The van der Waals surface area contributed by atoms with Crippen LogP contribution in [0.3, 0.4) is 0 Å². The summed E-state index contributed by atoms with van der Waals surface area (Å²) in [5.41, 5.74) is 5.22. The number of rotatable bonds is 7. The predicted octanol–water partition coefficient (Wildman–Crippen LogP) is 2.51. The second-order valence-corrected chi connectivity index (χ2v) is 4.23. The van der Waals surface area contributed by atoms with E-state index in [0.29, 0.717) is 12.2 Å². The van der Waals surface area contributed by atoms with E-state index in [0.717, 1.165) is 12.2 Å². The Bertz CT molecular complexity index is 375. The van der Waals surface area contributed by atoms with Gasteiger partial charge in [0.1, 0.15) is 11.5 Å². The summed E-state index contributed by atoms with van der Waals surface area (Å²) in [6.07, 6.45) is 1.12. The first-order valence-electron chi connectivity index (χ1n) is 6.29. The van der Waals surface area contributed by atoms with Gasteiger partial charge in [-0.25, -0.2) is 0 Å². The molecule has 0 saturated heterocycles. The Balaban J connectivity index is 2.62. The first-order chi connectivity index (χ1) is 8.56. The molecule has 0 aliphatic carbocycles. The topological polar surface area (TPSA) is 61.6 Å². The van der Waals surface area contributed by atoms with E-state index in [4.69, 9.17) is 15.2 Å². The van der Waals surface area contributed by atoms with Crippen molar-refractivity contribution in [2.45, 2.75) is 45.8 Å². The molecular weight excluding hydrogens is 230 g/mol. The second kappa shape index (κ2) is 6.89. The van der Waals surface area contributed by atoms with Crippen LogP contribution in [0.5, 0.6) is 11.5 Å². The van der Waals surface area contributed by atoms with Gasteiger partial charge in [0.05, 0.1) is 6.10 Å². The number of amides is 1. The summed E-state index contributed by atoms with van der Waals surface area (Å²) in [5.74, 6) is 0.971. The summed E-state index contributed by atoms with van der Waals surface area (Å²) in [4.78, 5) is 11.1. The smallest absolute Gasteiger partial charge is 0.258 e. The van der Waals surface area contributed by atoms with Gasteiger partial charge in [-0.3, -0.25) is 4.79 Å². The molecule has 0 saturated carbocycles. The van der Waals surface area contributed by atoms with E-state index in [1.165, 1.54) is 0 Å². The minimum Gasteiger partial charge on any atom is -0.491 e. The number of ether oxygens (including phenoxy) is 2. The molecule has 4 nitrogen and oxygen atoms in total. The Morgan fingerprint density at radius 1 is 1.11 bits per heavy atom. The van der Waals surface area contributed by atoms with Crippen molar-refractivity contribution in [3.8, 4) is 11.5 Å². The maximum Gasteiger partial charge on any atom is 0.258 e. The van der Waals surface area contributed by atoms with Crippen LogP contribution in [-0.2, 0) is 4.79 Å². The van der Waals surface area contributed by atoms with Crippen LogP contribution in [-0.4, -0.2) is 18.1 Å². The average Bonchev–Trinajstić information content (AvgIpc) is 2.37. The Hall–Kier alpha value is -1.71.